The van der Waals surface area contributed by atoms with Gasteiger partial charge in [-0.15, -0.1) is 10.2 Å². The van der Waals surface area contributed by atoms with Crippen molar-refractivity contribution in [1.82, 2.24) is 25.5 Å². The Hall–Kier alpha value is -4.47. The number of tetrazole rings is 1. The van der Waals surface area contributed by atoms with Gasteiger partial charge in [0.15, 0.2) is 5.76 Å². The van der Waals surface area contributed by atoms with Gasteiger partial charge in [0.2, 0.25) is 11.7 Å². The van der Waals surface area contributed by atoms with E-state index in [0.29, 0.717) is 22.8 Å². The molecule has 1 unspecified atom stereocenters. The number of rotatable bonds is 8. The lowest BCUT2D eigenvalue weighted by Crippen LogP contribution is -2.47. The highest BCUT2D eigenvalue weighted by Crippen LogP contribution is 2.32. The molecule has 0 aliphatic heterocycles. The number of furan rings is 1. The minimum Gasteiger partial charge on any atom is -0.508 e. The molecular formula is C28H30N6O4. The fourth-order valence-electron chi connectivity index (χ4n) is 4.84. The SMILES string of the molecule is Cc1ccc(-c2nnn(CC(=O)N(c3ccccc3C)C(C(=O)NC3CCCC3)c3ccc(O)cc3)n2)o1. The van der Waals surface area contributed by atoms with Crippen molar-refractivity contribution in [3.63, 3.8) is 0 Å². The Labute approximate surface area is 220 Å². The molecule has 2 aromatic heterocycles. The highest BCUT2D eigenvalue weighted by atomic mass is 16.3. The Kier molecular flexibility index (Phi) is 7.21. The Balaban J connectivity index is 1.52. The number of anilines is 1. The molecule has 1 atom stereocenters. The lowest BCUT2D eigenvalue weighted by molar-refractivity contribution is -0.127. The molecule has 1 aliphatic carbocycles. The standard InChI is InChI=1S/C28H30N6O4/c1-18-7-3-6-10-23(18)34(25(36)17-33-31-27(30-32-33)24-16-11-19(2)38-24)26(20-12-14-22(35)15-13-20)28(37)29-21-8-4-5-9-21/h3,6-7,10-16,21,26,35H,4-5,8-9,17H2,1-2H3,(H,29,37). The number of aryl methyl sites for hydroxylation is 2. The van der Waals surface area contributed by atoms with Crippen LogP contribution in [0.4, 0.5) is 5.69 Å². The molecular weight excluding hydrogens is 484 g/mol. The van der Waals surface area contributed by atoms with Crippen LogP contribution in [-0.2, 0) is 16.1 Å². The minimum atomic E-state index is -0.972. The van der Waals surface area contributed by atoms with Gasteiger partial charge in [-0.3, -0.25) is 14.5 Å². The fraction of sp³-hybridized carbons (Fsp3) is 0.321. The quantitative estimate of drug-likeness (QED) is 0.363. The molecule has 10 nitrogen and oxygen atoms in total. The molecule has 196 valence electrons. The van der Waals surface area contributed by atoms with E-state index in [4.69, 9.17) is 4.42 Å². The Morgan fingerprint density at radius 1 is 1.08 bits per heavy atom. The first-order valence-electron chi connectivity index (χ1n) is 12.7. The van der Waals surface area contributed by atoms with E-state index in [0.717, 1.165) is 31.2 Å². The van der Waals surface area contributed by atoms with Crippen molar-refractivity contribution in [2.45, 2.75) is 58.2 Å². The predicted molar refractivity (Wildman–Crippen MR) is 140 cm³/mol. The van der Waals surface area contributed by atoms with E-state index in [2.05, 4.69) is 20.7 Å². The molecule has 2 heterocycles. The van der Waals surface area contributed by atoms with Gasteiger partial charge in [0, 0.05) is 11.7 Å². The van der Waals surface area contributed by atoms with Crippen LogP contribution in [-0.4, -0.2) is 43.2 Å². The number of amides is 2. The van der Waals surface area contributed by atoms with Gasteiger partial charge >= 0.3 is 0 Å². The van der Waals surface area contributed by atoms with Crippen LogP contribution in [0.3, 0.4) is 0 Å². The second-order valence-electron chi connectivity index (χ2n) is 9.59. The molecule has 2 amide bonds. The third-order valence-electron chi connectivity index (χ3n) is 6.75. The normalized spacial score (nSPS) is 14.4. The summed E-state index contributed by atoms with van der Waals surface area (Å²) < 4.78 is 5.57. The third kappa shape index (κ3) is 5.44. The summed E-state index contributed by atoms with van der Waals surface area (Å²) in [7, 11) is 0. The number of carbonyl (C=O) groups is 2. The van der Waals surface area contributed by atoms with Gasteiger partial charge in [0.05, 0.1) is 0 Å². The summed E-state index contributed by atoms with van der Waals surface area (Å²) >= 11 is 0. The summed E-state index contributed by atoms with van der Waals surface area (Å²) in [6.07, 6.45) is 3.93. The average molecular weight is 515 g/mol. The van der Waals surface area contributed by atoms with E-state index in [1.807, 2.05) is 38.1 Å². The maximum Gasteiger partial charge on any atom is 0.251 e. The van der Waals surface area contributed by atoms with Crippen molar-refractivity contribution in [3.05, 3.63) is 77.6 Å². The number of phenols is 1. The second kappa shape index (κ2) is 10.9. The lowest BCUT2D eigenvalue weighted by Gasteiger charge is -2.33. The molecule has 10 heteroatoms. The summed E-state index contributed by atoms with van der Waals surface area (Å²) in [6, 6.07) is 16.4. The molecule has 1 fully saturated rings. The molecule has 1 saturated carbocycles. The van der Waals surface area contributed by atoms with Crippen molar-refractivity contribution in [2.24, 2.45) is 0 Å². The number of hydrogen-bond acceptors (Lipinski definition) is 7. The summed E-state index contributed by atoms with van der Waals surface area (Å²) in [5, 5.41) is 25.4. The van der Waals surface area contributed by atoms with Crippen LogP contribution in [0.25, 0.3) is 11.6 Å². The number of aromatic hydroxyl groups is 1. The Morgan fingerprint density at radius 3 is 2.50 bits per heavy atom. The van der Waals surface area contributed by atoms with Crippen LogP contribution < -0.4 is 10.2 Å². The monoisotopic (exact) mass is 514 g/mol. The van der Waals surface area contributed by atoms with Crippen LogP contribution in [0.15, 0.2) is 65.1 Å². The molecule has 0 bridgehead atoms. The smallest absolute Gasteiger partial charge is 0.251 e. The average Bonchev–Trinajstić information content (AvgIpc) is 3.67. The molecule has 5 rings (SSSR count). The van der Waals surface area contributed by atoms with Gasteiger partial charge in [0.25, 0.3) is 5.91 Å². The van der Waals surface area contributed by atoms with Crippen LogP contribution in [0, 0.1) is 13.8 Å². The Bertz CT molecular complexity index is 1420. The van der Waals surface area contributed by atoms with E-state index >= 15 is 0 Å². The lowest BCUT2D eigenvalue weighted by atomic mass is 10.0. The van der Waals surface area contributed by atoms with E-state index in [-0.39, 0.29) is 30.1 Å². The number of nitrogens with one attached hydrogen (secondary N) is 1. The van der Waals surface area contributed by atoms with Crippen LogP contribution >= 0.6 is 0 Å². The number of para-hydroxylation sites is 1. The van der Waals surface area contributed by atoms with Crippen LogP contribution in [0.1, 0.15) is 48.6 Å². The van der Waals surface area contributed by atoms with E-state index in [9.17, 15) is 14.7 Å². The number of hydrogen-bond donors (Lipinski definition) is 2. The van der Waals surface area contributed by atoms with Crippen LogP contribution in [0.2, 0.25) is 0 Å². The number of phenolic OH excluding ortho intramolecular Hbond substituents is 1. The predicted octanol–water partition coefficient (Wildman–Crippen LogP) is 4.09. The zero-order valence-electron chi connectivity index (χ0n) is 21.4. The molecule has 2 N–H and O–H groups in total. The molecule has 2 aromatic carbocycles. The van der Waals surface area contributed by atoms with Crippen LogP contribution in [0.5, 0.6) is 5.75 Å². The van der Waals surface area contributed by atoms with Gasteiger partial charge in [0.1, 0.15) is 24.1 Å². The van der Waals surface area contributed by atoms with Gasteiger partial charge in [-0.25, -0.2) is 0 Å². The number of carbonyl (C=O) groups excluding carboxylic acids is 2. The molecule has 0 saturated heterocycles. The van der Waals surface area contributed by atoms with Crippen molar-refractivity contribution in [2.75, 3.05) is 4.90 Å². The molecule has 0 spiro atoms. The third-order valence-corrected chi connectivity index (χ3v) is 6.75. The first-order chi connectivity index (χ1) is 18.4. The summed E-state index contributed by atoms with van der Waals surface area (Å²) in [4.78, 5) is 30.5. The van der Waals surface area contributed by atoms with Crippen molar-refractivity contribution in [3.8, 4) is 17.3 Å². The highest BCUT2D eigenvalue weighted by molar-refractivity contribution is 6.01. The van der Waals surface area contributed by atoms with E-state index < -0.39 is 11.9 Å². The maximum absolute atomic E-state index is 14.0. The topological polar surface area (TPSA) is 126 Å². The summed E-state index contributed by atoms with van der Waals surface area (Å²) in [6.45, 7) is 3.47. The first kappa shape index (κ1) is 25.2. The number of nitrogens with zero attached hydrogens (tertiary/aromatic N) is 5. The van der Waals surface area contributed by atoms with Crippen molar-refractivity contribution in [1.29, 1.82) is 0 Å². The minimum absolute atomic E-state index is 0.0623. The van der Waals surface area contributed by atoms with Crippen molar-refractivity contribution < 1.29 is 19.1 Å². The Morgan fingerprint density at radius 2 is 1.82 bits per heavy atom. The second-order valence-corrected chi connectivity index (χ2v) is 9.59. The van der Waals surface area contributed by atoms with E-state index in [1.165, 1.54) is 21.8 Å². The van der Waals surface area contributed by atoms with E-state index in [1.54, 1.807) is 24.3 Å². The molecule has 38 heavy (non-hydrogen) atoms. The van der Waals surface area contributed by atoms with Gasteiger partial charge in [-0.1, -0.05) is 43.2 Å². The number of benzene rings is 2. The highest BCUT2D eigenvalue weighted by Gasteiger charge is 2.35. The molecule has 0 radical (unpaired) electrons. The molecule has 4 aromatic rings. The largest absolute Gasteiger partial charge is 0.508 e. The molecule has 1 aliphatic rings. The zero-order valence-corrected chi connectivity index (χ0v) is 21.4. The number of aromatic nitrogens is 4. The van der Waals surface area contributed by atoms with Crippen molar-refractivity contribution >= 4 is 17.5 Å². The van der Waals surface area contributed by atoms with Gasteiger partial charge < -0.3 is 14.8 Å². The first-order valence-corrected chi connectivity index (χ1v) is 12.7. The maximum atomic E-state index is 14.0. The van der Waals surface area contributed by atoms with Gasteiger partial charge in [-0.2, -0.15) is 4.80 Å². The zero-order chi connectivity index (χ0) is 26.6. The van der Waals surface area contributed by atoms with Gasteiger partial charge in [-0.05, 0) is 73.4 Å². The summed E-state index contributed by atoms with van der Waals surface area (Å²) in [5.74, 6) is 0.835. The fourth-order valence-corrected chi connectivity index (χ4v) is 4.84. The summed E-state index contributed by atoms with van der Waals surface area (Å²) in [5.41, 5.74) is 2.00.